The van der Waals surface area contributed by atoms with Crippen molar-refractivity contribution in [3.8, 4) is 0 Å². The Morgan fingerprint density at radius 2 is 0.700 bits per heavy atom. The van der Waals surface area contributed by atoms with E-state index in [-0.39, 0.29) is 0 Å². The van der Waals surface area contributed by atoms with Crippen molar-refractivity contribution in [1.29, 1.82) is 0 Å². The first-order chi connectivity index (χ1) is 9.40. The zero-order valence-corrected chi connectivity index (χ0v) is 10.7. The van der Waals surface area contributed by atoms with Crippen LogP contribution in [-0.2, 0) is 33.4 Å². The third-order valence-electron chi connectivity index (χ3n) is 1.07. The molecule has 0 unspecified atom stereocenters. The van der Waals surface area contributed by atoms with Crippen molar-refractivity contribution >= 4 is 30.7 Å². The summed E-state index contributed by atoms with van der Waals surface area (Å²) in [5.41, 5.74) is 0. The maximum atomic E-state index is 10.2. The van der Waals surface area contributed by atoms with Gasteiger partial charge in [0.25, 0.3) is 0 Å². The molecule has 108 valence electrons. The summed E-state index contributed by atoms with van der Waals surface area (Å²) in [6.07, 6.45) is 3.62. The predicted octanol–water partition coefficient (Wildman–Crippen LogP) is 0.671. The van der Waals surface area contributed by atoms with Gasteiger partial charge in [-0.1, -0.05) is 26.3 Å². The van der Waals surface area contributed by atoms with Crippen LogP contribution in [-0.4, -0.2) is 30.7 Å². The molecule has 0 bridgehead atoms. The lowest BCUT2D eigenvalue weighted by atomic mass is 10.6. The van der Waals surface area contributed by atoms with Crippen molar-refractivity contribution in [2.75, 3.05) is 0 Å². The lowest BCUT2D eigenvalue weighted by Crippen LogP contribution is -2.05. The van der Waals surface area contributed by atoms with Crippen molar-refractivity contribution in [1.82, 2.24) is 0 Å². The van der Waals surface area contributed by atoms with Gasteiger partial charge in [0.1, 0.15) is 6.79 Å². The molecule has 0 rings (SSSR count). The van der Waals surface area contributed by atoms with Crippen LogP contribution in [0.2, 0.25) is 0 Å². The summed E-state index contributed by atoms with van der Waals surface area (Å²) < 4.78 is 8.07. The van der Waals surface area contributed by atoms with E-state index in [0.29, 0.717) is 0 Å². The average Bonchev–Trinajstić information content (AvgIpc) is 2.49. The highest BCUT2D eigenvalue weighted by Crippen LogP contribution is 1.81. The van der Waals surface area contributed by atoms with Crippen LogP contribution in [0.25, 0.3) is 0 Å². The van der Waals surface area contributed by atoms with Crippen molar-refractivity contribution < 1.29 is 33.4 Å². The molecule has 0 aromatic rings. The number of esters is 4. The van der Waals surface area contributed by atoms with Gasteiger partial charge >= 0.3 is 23.9 Å². The minimum absolute atomic E-state index is 0.764. The number of carbonyl (C=O) groups is 5. The van der Waals surface area contributed by atoms with Gasteiger partial charge in [0.15, 0.2) is 0 Å². The molecule has 0 saturated carbocycles. The highest BCUT2D eigenvalue weighted by Gasteiger charge is 2.00. The van der Waals surface area contributed by atoms with E-state index in [9.17, 15) is 19.2 Å². The molecule has 0 heterocycles. The van der Waals surface area contributed by atoms with Crippen molar-refractivity contribution in [2.45, 2.75) is 0 Å². The summed E-state index contributed by atoms with van der Waals surface area (Å²) in [4.78, 5) is 48.7. The molecule has 7 nitrogen and oxygen atoms in total. The number of hydrogen-bond acceptors (Lipinski definition) is 7. The van der Waals surface area contributed by atoms with Gasteiger partial charge in [-0.3, -0.25) is 0 Å². The average molecular weight is 282 g/mol. The summed E-state index contributed by atoms with van der Waals surface area (Å²) in [6.45, 7) is 14.3. The molecule has 0 aromatic carbocycles. The van der Waals surface area contributed by atoms with Gasteiger partial charge < -0.3 is 14.3 Å². The Morgan fingerprint density at radius 1 is 0.550 bits per heavy atom. The third-order valence-corrected chi connectivity index (χ3v) is 1.07. The van der Waals surface area contributed by atoms with E-state index in [1.54, 1.807) is 0 Å². The summed E-state index contributed by atoms with van der Waals surface area (Å²) >= 11 is 0. The Hall–Kier alpha value is -3.09. The molecule has 0 atom stereocenters. The fraction of sp³-hybridized carbons (Fsp3) is 0. The van der Waals surface area contributed by atoms with E-state index < -0.39 is 23.9 Å². The first-order valence-electron chi connectivity index (χ1n) is 4.71. The van der Waals surface area contributed by atoms with E-state index in [1.807, 2.05) is 6.79 Å². The van der Waals surface area contributed by atoms with Gasteiger partial charge in [-0.25, -0.2) is 19.2 Å². The Labute approximate surface area is 115 Å². The summed E-state index contributed by atoms with van der Waals surface area (Å²) in [5.74, 6) is -3.06. The molecular formula is C13H14O7. The summed E-state index contributed by atoms with van der Waals surface area (Å²) in [7, 11) is 0. The molecule has 0 N–H and O–H groups in total. The molecule has 0 fully saturated rings. The van der Waals surface area contributed by atoms with Crippen LogP contribution in [0.5, 0.6) is 0 Å². The van der Waals surface area contributed by atoms with Gasteiger partial charge in [0.2, 0.25) is 0 Å². The number of ether oxygens (including phenoxy) is 2. The molecule has 0 aromatic heterocycles. The molecule has 0 amide bonds. The Bertz CT molecular complexity index is 333. The Morgan fingerprint density at radius 3 is 0.800 bits per heavy atom. The molecule has 0 radical (unpaired) electrons. The van der Waals surface area contributed by atoms with Gasteiger partial charge in [-0.2, -0.15) is 0 Å². The van der Waals surface area contributed by atoms with Crippen LogP contribution in [0.4, 0.5) is 0 Å². The summed E-state index contributed by atoms with van der Waals surface area (Å²) in [6, 6.07) is 0. The van der Waals surface area contributed by atoms with Crippen LogP contribution in [0.3, 0.4) is 0 Å². The smallest absolute Gasteiger partial charge is 0.338 e. The van der Waals surface area contributed by atoms with E-state index in [0.717, 1.165) is 24.3 Å². The number of hydrogen-bond donors (Lipinski definition) is 0. The lowest BCUT2D eigenvalue weighted by molar-refractivity contribution is -0.154. The number of carbonyl (C=O) groups excluding carboxylic acids is 5. The maximum absolute atomic E-state index is 10.2. The molecule has 0 spiro atoms. The van der Waals surface area contributed by atoms with Crippen LogP contribution in [0, 0.1) is 0 Å². The topological polar surface area (TPSA) is 104 Å². The highest BCUT2D eigenvalue weighted by molar-refractivity contribution is 5.96. The Balaban J connectivity index is -0.000000257. The van der Waals surface area contributed by atoms with Crippen LogP contribution in [0.1, 0.15) is 0 Å². The van der Waals surface area contributed by atoms with E-state index in [1.165, 1.54) is 0 Å². The van der Waals surface area contributed by atoms with Crippen molar-refractivity contribution in [3.05, 3.63) is 50.6 Å². The monoisotopic (exact) mass is 282 g/mol. The first-order valence-corrected chi connectivity index (χ1v) is 4.71. The quantitative estimate of drug-likeness (QED) is 0.424. The number of rotatable bonds is 4. The second-order valence-electron chi connectivity index (χ2n) is 2.30. The largest absolute Gasteiger partial charge is 0.387 e. The summed E-state index contributed by atoms with van der Waals surface area (Å²) in [5, 5.41) is 0. The van der Waals surface area contributed by atoms with Gasteiger partial charge in [-0.05, 0) is 0 Å². The highest BCUT2D eigenvalue weighted by atomic mass is 16.6. The van der Waals surface area contributed by atoms with E-state index in [2.05, 4.69) is 35.8 Å². The maximum Gasteiger partial charge on any atom is 0.338 e. The molecule has 7 heteroatoms. The fourth-order valence-electron chi connectivity index (χ4n) is 0.365. The minimum Gasteiger partial charge on any atom is -0.387 e. The lowest BCUT2D eigenvalue weighted by Gasteiger charge is -1.90. The molecule has 0 saturated heterocycles. The van der Waals surface area contributed by atoms with Crippen molar-refractivity contribution in [3.63, 3.8) is 0 Å². The SMILES string of the molecule is C=CC(=O)OC(=O)C=C.C=CC(=O)OC(=O)C=C.C=O. The molecule has 20 heavy (non-hydrogen) atoms. The van der Waals surface area contributed by atoms with Gasteiger partial charge in [-0.15, -0.1) is 0 Å². The normalized spacial score (nSPS) is 7.00. The van der Waals surface area contributed by atoms with Crippen LogP contribution < -0.4 is 0 Å². The minimum atomic E-state index is -0.764. The predicted molar refractivity (Wildman–Crippen MR) is 70.1 cm³/mol. The fourth-order valence-corrected chi connectivity index (χ4v) is 0.365. The Kier molecular flexibility index (Phi) is 17.6. The molecule has 0 aliphatic heterocycles. The van der Waals surface area contributed by atoms with Crippen molar-refractivity contribution in [2.24, 2.45) is 0 Å². The van der Waals surface area contributed by atoms with Gasteiger partial charge in [0, 0.05) is 24.3 Å². The zero-order chi connectivity index (χ0) is 16.6. The molecule has 0 aliphatic rings. The van der Waals surface area contributed by atoms with Crippen LogP contribution in [0.15, 0.2) is 50.6 Å². The van der Waals surface area contributed by atoms with E-state index in [4.69, 9.17) is 4.79 Å². The second kappa shape index (κ2) is 15.9. The zero-order valence-electron chi connectivity index (χ0n) is 10.7. The second-order valence-corrected chi connectivity index (χ2v) is 2.30. The third kappa shape index (κ3) is 17.3. The molecular weight excluding hydrogens is 268 g/mol. The molecule has 0 aliphatic carbocycles. The van der Waals surface area contributed by atoms with Crippen LogP contribution >= 0.6 is 0 Å². The van der Waals surface area contributed by atoms with Gasteiger partial charge in [0.05, 0.1) is 0 Å². The van der Waals surface area contributed by atoms with E-state index >= 15 is 0 Å². The first kappa shape index (κ1) is 22.1. The standard InChI is InChI=1S/2C6H6O3.CH2O/c2*1-3-5(7)9-6(8)4-2;1-2/h2*3-4H,1-2H2;1H2.